The summed E-state index contributed by atoms with van der Waals surface area (Å²) in [6, 6.07) is 0. The van der Waals surface area contributed by atoms with Crippen molar-refractivity contribution in [3.05, 3.63) is 0 Å². The van der Waals surface area contributed by atoms with Crippen LogP contribution in [-0.2, 0) is 9.59 Å². The number of carbonyl (C=O) groups is 2. The van der Waals surface area contributed by atoms with Crippen molar-refractivity contribution in [3.63, 3.8) is 0 Å². The van der Waals surface area contributed by atoms with Crippen molar-refractivity contribution in [1.82, 2.24) is 15.1 Å². The lowest BCUT2D eigenvalue weighted by Gasteiger charge is -2.43. The molecule has 2 saturated heterocycles. The standard InChI is InChI=1S/C15H27N3O2.2C2H6/c1-12(19)15(2,3)18-10-8-17(9-11-18)14(20)13-4-6-16-7-5-13;2*1-2/h13,16H,4-11H2,1-3H3;2*1-2H3. The van der Waals surface area contributed by atoms with Crippen LogP contribution in [0.5, 0.6) is 0 Å². The van der Waals surface area contributed by atoms with Crippen LogP contribution in [0.15, 0.2) is 0 Å². The van der Waals surface area contributed by atoms with Gasteiger partial charge in [-0.1, -0.05) is 27.7 Å². The maximum atomic E-state index is 12.5. The quantitative estimate of drug-likeness (QED) is 0.857. The van der Waals surface area contributed by atoms with Crippen molar-refractivity contribution in [2.45, 2.75) is 66.8 Å². The van der Waals surface area contributed by atoms with E-state index in [0.717, 1.165) is 52.1 Å². The molecule has 0 aliphatic carbocycles. The highest BCUT2D eigenvalue weighted by molar-refractivity contribution is 5.85. The first-order valence-electron chi connectivity index (χ1n) is 9.68. The summed E-state index contributed by atoms with van der Waals surface area (Å²) in [4.78, 5) is 28.3. The van der Waals surface area contributed by atoms with E-state index in [9.17, 15) is 9.59 Å². The van der Waals surface area contributed by atoms with Crippen LogP contribution in [0.2, 0.25) is 0 Å². The molecule has 0 atom stereocenters. The van der Waals surface area contributed by atoms with Gasteiger partial charge in [0.15, 0.2) is 0 Å². The van der Waals surface area contributed by atoms with E-state index in [4.69, 9.17) is 0 Å². The summed E-state index contributed by atoms with van der Waals surface area (Å²) in [5.41, 5.74) is -0.413. The fourth-order valence-corrected chi connectivity index (χ4v) is 3.04. The van der Waals surface area contributed by atoms with Gasteiger partial charge in [-0.05, 0) is 46.7 Å². The second-order valence-corrected chi connectivity index (χ2v) is 6.45. The lowest BCUT2D eigenvalue weighted by molar-refractivity contribution is -0.140. The lowest BCUT2D eigenvalue weighted by atomic mass is 9.95. The number of piperazine rings is 1. The van der Waals surface area contributed by atoms with E-state index in [-0.39, 0.29) is 11.7 Å². The zero-order chi connectivity index (χ0) is 18.8. The second-order valence-electron chi connectivity index (χ2n) is 6.45. The molecule has 0 aromatic rings. The first-order chi connectivity index (χ1) is 11.4. The molecule has 2 aliphatic heterocycles. The van der Waals surface area contributed by atoms with Gasteiger partial charge in [-0.3, -0.25) is 14.5 Å². The third kappa shape index (κ3) is 6.17. The molecule has 0 aromatic carbocycles. The first kappa shape index (κ1) is 23.1. The van der Waals surface area contributed by atoms with Crippen LogP contribution < -0.4 is 5.32 Å². The highest BCUT2D eigenvalue weighted by Gasteiger charge is 2.35. The van der Waals surface area contributed by atoms with Crippen molar-refractivity contribution >= 4 is 11.7 Å². The van der Waals surface area contributed by atoms with Crippen LogP contribution in [-0.4, -0.2) is 66.3 Å². The Bertz CT molecular complexity index is 369. The number of rotatable bonds is 3. The molecule has 142 valence electrons. The molecule has 2 aliphatic rings. The fraction of sp³-hybridized carbons (Fsp3) is 0.895. The van der Waals surface area contributed by atoms with Gasteiger partial charge in [0.05, 0.1) is 5.54 Å². The Morgan fingerprint density at radius 3 is 1.79 bits per heavy atom. The number of nitrogens with one attached hydrogen (secondary N) is 1. The fourth-order valence-electron chi connectivity index (χ4n) is 3.04. The molecule has 0 aromatic heterocycles. The van der Waals surface area contributed by atoms with Crippen molar-refractivity contribution in [2.75, 3.05) is 39.3 Å². The van der Waals surface area contributed by atoms with E-state index in [1.807, 2.05) is 46.4 Å². The van der Waals surface area contributed by atoms with Gasteiger partial charge in [0.1, 0.15) is 5.78 Å². The summed E-state index contributed by atoms with van der Waals surface area (Å²) in [5, 5.41) is 3.30. The monoisotopic (exact) mass is 341 g/mol. The highest BCUT2D eigenvalue weighted by Crippen LogP contribution is 2.21. The first-order valence-corrected chi connectivity index (χ1v) is 9.68. The van der Waals surface area contributed by atoms with Crippen molar-refractivity contribution in [2.24, 2.45) is 5.92 Å². The predicted molar refractivity (Wildman–Crippen MR) is 101 cm³/mol. The van der Waals surface area contributed by atoms with E-state index in [1.165, 1.54) is 0 Å². The number of hydrogen-bond donors (Lipinski definition) is 1. The zero-order valence-corrected chi connectivity index (χ0v) is 16.9. The van der Waals surface area contributed by atoms with Crippen LogP contribution in [0.25, 0.3) is 0 Å². The topological polar surface area (TPSA) is 52.7 Å². The van der Waals surface area contributed by atoms with Crippen LogP contribution >= 0.6 is 0 Å². The molecular weight excluding hydrogens is 302 g/mol. The Labute approximate surface area is 149 Å². The number of amides is 1. The summed E-state index contributed by atoms with van der Waals surface area (Å²) in [7, 11) is 0. The molecule has 5 heteroatoms. The average molecular weight is 342 g/mol. The van der Waals surface area contributed by atoms with E-state index in [1.54, 1.807) is 6.92 Å². The van der Waals surface area contributed by atoms with Gasteiger partial charge in [-0.25, -0.2) is 0 Å². The smallest absolute Gasteiger partial charge is 0.225 e. The molecule has 0 spiro atoms. The third-order valence-electron chi connectivity index (χ3n) is 4.93. The van der Waals surface area contributed by atoms with Gasteiger partial charge in [-0.15, -0.1) is 0 Å². The largest absolute Gasteiger partial charge is 0.340 e. The third-order valence-corrected chi connectivity index (χ3v) is 4.93. The van der Waals surface area contributed by atoms with Crippen molar-refractivity contribution in [3.8, 4) is 0 Å². The van der Waals surface area contributed by atoms with Gasteiger partial charge in [0.25, 0.3) is 0 Å². The number of Topliss-reactive ketones (excluding diaryl/α,β-unsaturated/α-hetero) is 1. The minimum atomic E-state index is -0.413. The molecule has 0 saturated carbocycles. The van der Waals surface area contributed by atoms with Crippen molar-refractivity contribution in [1.29, 1.82) is 0 Å². The molecule has 5 nitrogen and oxygen atoms in total. The van der Waals surface area contributed by atoms with E-state index >= 15 is 0 Å². The van der Waals surface area contributed by atoms with Gasteiger partial charge in [0.2, 0.25) is 5.91 Å². The van der Waals surface area contributed by atoms with E-state index in [0.29, 0.717) is 5.91 Å². The van der Waals surface area contributed by atoms with Gasteiger partial charge in [0, 0.05) is 32.1 Å². The normalized spacial score (nSPS) is 19.5. The van der Waals surface area contributed by atoms with Crippen LogP contribution in [0, 0.1) is 5.92 Å². The van der Waals surface area contributed by atoms with E-state index in [2.05, 4.69) is 10.2 Å². The maximum Gasteiger partial charge on any atom is 0.225 e. The van der Waals surface area contributed by atoms with Crippen LogP contribution in [0.4, 0.5) is 0 Å². The maximum absolute atomic E-state index is 12.5. The molecule has 1 amide bonds. The number of carbonyl (C=O) groups excluding carboxylic acids is 2. The zero-order valence-electron chi connectivity index (χ0n) is 16.9. The Kier molecular flexibility index (Phi) is 11.1. The molecule has 2 rings (SSSR count). The number of nitrogens with zero attached hydrogens (tertiary/aromatic N) is 2. The van der Waals surface area contributed by atoms with Crippen molar-refractivity contribution < 1.29 is 9.59 Å². The summed E-state index contributed by atoms with van der Waals surface area (Å²) in [6.45, 7) is 18.6. The highest BCUT2D eigenvalue weighted by atomic mass is 16.2. The Morgan fingerprint density at radius 2 is 1.38 bits per heavy atom. The summed E-state index contributed by atoms with van der Waals surface area (Å²) < 4.78 is 0. The number of piperidine rings is 1. The van der Waals surface area contributed by atoms with E-state index < -0.39 is 5.54 Å². The molecule has 2 fully saturated rings. The average Bonchev–Trinajstić information content (AvgIpc) is 2.65. The van der Waals surface area contributed by atoms with Crippen LogP contribution in [0.1, 0.15) is 61.3 Å². The molecule has 24 heavy (non-hydrogen) atoms. The molecule has 1 N–H and O–H groups in total. The molecule has 0 radical (unpaired) electrons. The van der Waals surface area contributed by atoms with Crippen LogP contribution in [0.3, 0.4) is 0 Å². The predicted octanol–water partition coefficient (Wildman–Crippen LogP) is 2.55. The second kappa shape index (κ2) is 11.6. The van der Waals surface area contributed by atoms with Gasteiger partial charge >= 0.3 is 0 Å². The molecule has 2 heterocycles. The Hall–Kier alpha value is -0.940. The molecule has 0 bridgehead atoms. The number of ketones is 1. The molecule has 0 unspecified atom stereocenters. The van der Waals surface area contributed by atoms with Gasteiger partial charge in [-0.2, -0.15) is 0 Å². The van der Waals surface area contributed by atoms with Gasteiger partial charge < -0.3 is 10.2 Å². The minimum Gasteiger partial charge on any atom is -0.340 e. The lowest BCUT2D eigenvalue weighted by Crippen LogP contribution is -2.59. The minimum absolute atomic E-state index is 0.190. The number of hydrogen-bond acceptors (Lipinski definition) is 4. The molecular formula is C19H39N3O2. The Morgan fingerprint density at radius 1 is 0.917 bits per heavy atom. The summed E-state index contributed by atoms with van der Waals surface area (Å²) >= 11 is 0. The summed E-state index contributed by atoms with van der Waals surface area (Å²) in [6.07, 6.45) is 1.91. The summed E-state index contributed by atoms with van der Waals surface area (Å²) in [5.74, 6) is 0.700. The Balaban J connectivity index is 0.00000123. The SMILES string of the molecule is CC.CC.CC(=O)C(C)(C)N1CCN(C(=O)C2CCNCC2)CC1.